The molecule has 0 aromatic carbocycles. The smallest absolute Gasteiger partial charge is 0.362 e. The number of esters is 2. The molecule has 61 heavy (non-hydrogen) atoms. The Bertz CT molecular complexity index is 1090. The second-order valence-electron chi connectivity index (χ2n) is 18.4. The van der Waals surface area contributed by atoms with Crippen LogP contribution < -0.4 is 0 Å². The Morgan fingerprint density at radius 1 is 0.508 bits per heavy atom. The predicted octanol–water partition coefficient (Wildman–Crippen LogP) is 14.6. The molecule has 0 radical (unpaired) electrons. The maximum absolute atomic E-state index is 12.8. The number of rotatable bonds is 46. The zero-order valence-corrected chi connectivity index (χ0v) is 40.6. The molecule has 0 amide bonds. The number of allylic oxidation sites excluding steroid dienone is 6. The summed E-state index contributed by atoms with van der Waals surface area (Å²) in [6, 6.07) is -0.615. The molecule has 0 rings (SSSR count). The summed E-state index contributed by atoms with van der Waals surface area (Å²) in [6.07, 6.45) is 51.9. The molecule has 8 heteroatoms. The number of quaternary nitrogens is 1. The normalized spacial score (nSPS) is 13.1. The van der Waals surface area contributed by atoms with Crippen molar-refractivity contribution in [1.29, 1.82) is 0 Å². The van der Waals surface area contributed by atoms with Gasteiger partial charge in [0.05, 0.1) is 34.4 Å². The third-order valence-corrected chi connectivity index (χ3v) is 11.6. The minimum atomic E-state index is -0.875. The molecule has 0 aliphatic rings. The summed E-state index contributed by atoms with van der Waals surface area (Å²) in [6.45, 7) is 4.65. The second-order valence-corrected chi connectivity index (χ2v) is 18.4. The van der Waals surface area contributed by atoms with Gasteiger partial charge in [-0.2, -0.15) is 0 Å². The second kappa shape index (κ2) is 44.2. The molecule has 0 saturated carbocycles. The summed E-state index contributed by atoms with van der Waals surface area (Å²) in [5.41, 5.74) is 0. The van der Waals surface area contributed by atoms with Crippen molar-refractivity contribution in [3.8, 4) is 0 Å². The Morgan fingerprint density at radius 2 is 0.918 bits per heavy atom. The van der Waals surface area contributed by atoms with E-state index in [1.807, 2.05) is 21.1 Å². The summed E-state index contributed by atoms with van der Waals surface area (Å²) in [5.74, 6) is -1.47. The van der Waals surface area contributed by atoms with Crippen LogP contribution in [0.5, 0.6) is 0 Å². The number of ether oxygens (including phenoxy) is 3. The molecule has 1 N–H and O–H groups in total. The van der Waals surface area contributed by atoms with Crippen molar-refractivity contribution in [2.45, 2.75) is 244 Å². The van der Waals surface area contributed by atoms with Crippen molar-refractivity contribution in [1.82, 2.24) is 0 Å². The molecule has 0 fully saturated rings. The van der Waals surface area contributed by atoms with Crippen molar-refractivity contribution in [3.05, 3.63) is 36.5 Å². The van der Waals surface area contributed by atoms with E-state index in [0.717, 1.165) is 70.6 Å². The first-order chi connectivity index (χ1) is 29.6. The average Bonchev–Trinajstić information content (AvgIpc) is 3.22. The first kappa shape index (κ1) is 58.6. The van der Waals surface area contributed by atoms with Crippen LogP contribution in [-0.4, -0.2) is 80.6 Å². The third-order valence-electron chi connectivity index (χ3n) is 11.6. The van der Waals surface area contributed by atoms with Crippen molar-refractivity contribution >= 4 is 17.9 Å². The van der Waals surface area contributed by atoms with Crippen LogP contribution in [0.4, 0.5) is 0 Å². The van der Waals surface area contributed by atoms with Gasteiger partial charge in [0.15, 0.2) is 12.1 Å². The fourth-order valence-electron chi connectivity index (χ4n) is 7.64. The van der Waals surface area contributed by atoms with Crippen LogP contribution >= 0.6 is 0 Å². The van der Waals surface area contributed by atoms with E-state index in [0.29, 0.717) is 19.3 Å². The summed E-state index contributed by atoms with van der Waals surface area (Å²) in [7, 11) is 5.54. The number of likely N-dealkylation sites (N-methyl/N-ethyl adjacent to an activating group) is 1. The summed E-state index contributed by atoms with van der Waals surface area (Å²) < 4.78 is 17.3. The SMILES string of the molecule is CC/C=C/C/C=C/C/C=C/CCCCCCCCC(=O)OCC(COCCC(C(=O)O)[N+](C)(C)C)OC(=O)CCCCCCCCCCCCCCCCCCCCCCC. The molecular formula is C53H98NO7+. The van der Waals surface area contributed by atoms with E-state index in [1.165, 1.54) is 128 Å². The highest BCUT2D eigenvalue weighted by Crippen LogP contribution is 2.16. The van der Waals surface area contributed by atoms with Crippen molar-refractivity contribution in [2.24, 2.45) is 0 Å². The number of carboxylic acid groups (broad SMARTS) is 1. The molecule has 0 bridgehead atoms. The minimum absolute atomic E-state index is 0.0548. The number of unbranched alkanes of at least 4 members (excludes halogenated alkanes) is 26. The number of nitrogens with zero attached hydrogens (tertiary/aromatic N) is 1. The number of carbonyl (C=O) groups excluding carboxylic acids is 2. The van der Waals surface area contributed by atoms with Crippen molar-refractivity contribution in [3.63, 3.8) is 0 Å². The maximum Gasteiger partial charge on any atom is 0.362 e. The molecule has 2 atom stereocenters. The monoisotopic (exact) mass is 861 g/mol. The summed E-state index contributed by atoms with van der Waals surface area (Å²) in [4.78, 5) is 37.1. The standard InChI is InChI=1S/C53H97NO7/c1-6-8-10-12-14-16-18-20-22-24-25-26-27-28-30-32-34-36-38-40-42-44-52(56)61-49(47-59-46-45-50(53(57)58)54(3,4)5)48-60-51(55)43-41-39-37-35-33-31-29-23-21-19-17-15-13-11-9-7-2/h9,11,15,17,21,23,49-50H,6-8,10,12-14,16,18-20,22,24-48H2,1-5H3/p+1/b11-9+,17-15+,23-21+. The summed E-state index contributed by atoms with van der Waals surface area (Å²) in [5, 5.41) is 9.65. The molecule has 0 aliphatic heterocycles. The lowest BCUT2D eigenvalue weighted by Gasteiger charge is -2.31. The van der Waals surface area contributed by atoms with Crippen LogP contribution in [0.25, 0.3) is 0 Å². The fraction of sp³-hybridized carbons (Fsp3) is 0.830. The van der Waals surface area contributed by atoms with Crippen LogP contribution in [0.3, 0.4) is 0 Å². The molecule has 8 nitrogen and oxygen atoms in total. The van der Waals surface area contributed by atoms with Crippen LogP contribution in [0, 0.1) is 0 Å². The minimum Gasteiger partial charge on any atom is -0.477 e. The molecule has 0 aromatic rings. The number of carbonyl (C=O) groups is 3. The van der Waals surface area contributed by atoms with Gasteiger partial charge in [0, 0.05) is 19.3 Å². The molecule has 0 saturated heterocycles. The third kappa shape index (κ3) is 42.6. The van der Waals surface area contributed by atoms with Gasteiger partial charge < -0.3 is 23.8 Å². The molecule has 0 heterocycles. The van der Waals surface area contributed by atoms with E-state index in [4.69, 9.17) is 14.2 Å². The zero-order valence-electron chi connectivity index (χ0n) is 40.6. The molecule has 2 unspecified atom stereocenters. The predicted molar refractivity (Wildman–Crippen MR) is 257 cm³/mol. The molecule has 356 valence electrons. The van der Waals surface area contributed by atoms with Gasteiger partial charge in [-0.05, 0) is 44.9 Å². The van der Waals surface area contributed by atoms with E-state index < -0.39 is 18.1 Å². The molecule has 0 spiro atoms. The highest BCUT2D eigenvalue weighted by Gasteiger charge is 2.31. The van der Waals surface area contributed by atoms with Gasteiger partial charge in [0.25, 0.3) is 0 Å². The Kier molecular flexibility index (Phi) is 42.4. The highest BCUT2D eigenvalue weighted by molar-refractivity contribution is 5.72. The number of hydrogen-bond donors (Lipinski definition) is 1. The van der Waals surface area contributed by atoms with Gasteiger partial charge >= 0.3 is 17.9 Å². The number of aliphatic carboxylic acids is 1. The first-order valence-corrected chi connectivity index (χ1v) is 25.5. The van der Waals surface area contributed by atoms with Crippen molar-refractivity contribution in [2.75, 3.05) is 41.0 Å². The Labute approximate surface area is 376 Å². The van der Waals surface area contributed by atoms with E-state index in [9.17, 15) is 19.5 Å². The number of carboxylic acids is 1. The van der Waals surface area contributed by atoms with Gasteiger partial charge in [-0.15, -0.1) is 0 Å². The molecular weight excluding hydrogens is 763 g/mol. The van der Waals surface area contributed by atoms with Crippen LogP contribution in [0.2, 0.25) is 0 Å². The van der Waals surface area contributed by atoms with Crippen LogP contribution in [0.15, 0.2) is 36.5 Å². The van der Waals surface area contributed by atoms with Gasteiger partial charge in [-0.25, -0.2) is 4.79 Å². The van der Waals surface area contributed by atoms with E-state index in [1.54, 1.807) is 0 Å². The van der Waals surface area contributed by atoms with E-state index >= 15 is 0 Å². The Morgan fingerprint density at radius 3 is 1.36 bits per heavy atom. The highest BCUT2D eigenvalue weighted by atomic mass is 16.6. The van der Waals surface area contributed by atoms with Gasteiger partial charge in [0.2, 0.25) is 0 Å². The average molecular weight is 861 g/mol. The van der Waals surface area contributed by atoms with Crippen LogP contribution in [0.1, 0.15) is 232 Å². The van der Waals surface area contributed by atoms with Crippen LogP contribution in [-0.2, 0) is 28.6 Å². The Hall–Kier alpha value is -2.45. The van der Waals surface area contributed by atoms with E-state index in [-0.39, 0.29) is 36.2 Å². The molecule has 0 aliphatic carbocycles. The van der Waals surface area contributed by atoms with E-state index in [2.05, 4.69) is 50.3 Å². The van der Waals surface area contributed by atoms with Crippen molar-refractivity contribution < 1.29 is 38.2 Å². The van der Waals surface area contributed by atoms with Gasteiger partial charge in [-0.3, -0.25) is 9.59 Å². The lowest BCUT2D eigenvalue weighted by Crippen LogP contribution is -2.50. The van der Waals surface area contributed by atoms with Gasteiger partial charge in [-0.1, -0.05) is 204 Å². The van der Waals surface area contributed by atoms with Gasteiger partial charge in [0.1, 0.15) is 6.61 Å². The largest absolute Gasteiger partial charge is 0.477 e. The Balaban J connectivity index is 4.22. The first-order valence-electron chi connectivity index (χ1n) is 25.5. The molecule has 0 aromatic heterocycles. The lowest BCUT2D eigenvalue weighted by atomic mass is 10.0. The number of hydrogen-bond acceptors (Lipinski definition) is 6. The summed E-state index contributed by atoms with van der Waals surface area (Å²) >= 11 is 0. The topological polar surface area (TPSA) is 99.1 Å². The quantitative estimate of drug-likeness (QED) is 0.0282. The fourth-order valence-corrected chi connectivity index (χ4v) is 7.64. The zero-order chi connectivity index (χ0) is 44.9. The lowest BCUT2D eigenvalue weighted by molar-refractivity contribution is -0.887. The maximum atomic E-state index is 12.8.